The Morgan fingerprint density at radius 3 is 2.79 bits per heavy atom. The molecule has 6 heteroatoms. The minimum atomic E-state index is -0.342. The first-order valence-corrected chi connectivity index (χ1v) is 8.91. The molecule has 24 heavy (non-hydrogen) atoms. The van der Waals surface area contributed by atoms with Gasteiger partial charge in [0, 0.05) is 30.9 Å². The normalized spacial score (nSPS) is 12.8. The van der Waals surface area contributed by atoms with Gasteiger partial charge in [0.1, 0.15) is 0 Å². The molecule has 0 saturated carbocycles. The lowest BCUT2D eigenvalue weighted by molar-refractivity contribution is 0.321. The number of benzene rings is 1. The molecule has 0 saturated heterocycles. The monoisotopic (exact) mass is 349 g/mol. The zero-order valence-corrected chi connectivity index (χ0v) is 15.1. The minimum absolute atomic E-state index is 0.286. The first-order valence-electron chi connectivity index (χ1n) is 8.03. The summed E-state index contributed by atoms with van der Waals surface area (Å²) in [7, 11) is 1.73. The summed E-state index contributed by atoms with van der Waals surface area (Å²) in [4.78, 5) is 5.54. The van der Waals surface area contributed by atoms with Crippen LogP contribution in [0.15, 0.2) is 40.7 Å². The van der Waals surface area contributed by atoms with Crippen molar-refractivity contribution >= 4 is 17.3 Å². The van der Waals surface area contributed by atoms with Gasteiger partial charge >= 0.3 is 0 Å². The zero-order valence-electron chi connectivity index (χ0n) is 14.3. The number of hydrogen-bond donors (Lipinski definition) is 2. The van der Waals surface area contributed by atoms with E-state index in [-0.39, 0.29) is 11.6 Å². The Morgan fingerprint density at radius 1 is 1.33 bits per heavy atom. The second kappa shape index (κ2) is 9.27. The largest absolute Gasteiger partial charge is 0.491 e. The molecule has 0 bridgehead atoms. The van der Waals surface area contributed by atoms with Crippen LogP contribution in [-0.2, 0) is 6.54 Å². The third-order valence-corrected chi connectivity index (χ3v) is 4.69. The summed E-state index contributed by atoms with van der Waals surface area (Å²) in [6, 6.07) is 9.19. The first-order chi connectivity index (χ1) is 11.6. The second-order valence-electron chi connectivity index (χ2n) is 5.42. The first kappa shape index (κ1) is 18.3. The van der Waals surface area contributed by atoms with E-state index in [2.05, 4.69) is 40.1 Å². The van der Waals surface area contributed by atoms with Gasteiger partial charge in [-0.2, -0.15) is 0 Å². The van der Waals surface area contributed by atoms with Crippen molar-refractivity contribution in [1.82, 2.24) is 10.6 Å². The van der Waals surface area contributed by atoms with Crippen LogP contribution in [0, 0.1) is 5.82 Å². The lowest BCUT2D eigenvalue weighted by Crippen LogP contribution is -2.38. The second-order valence-corrected chi connectivity index (χ2v) is 6.40. The standard InChI is InChI=1S/C18H24FN3OS/c1-4-23-16-8-7-14(10-15(16)19)12-22-18(20-3)21-11-13(2)17-6-5-9-24-17/h5-10,13H,4,11-12H2,1-3H3,(H2,20,21,22). The molecule has 0 aliphatic carbocycles. The summed E-state index contributed by atoms with van der Waals surface area (Å²) in [5, 5.41) is 8.58. The van der Waals surface area contributed by atoms with Gasteiger partial charge in [0.25, 0.3) is 0 Å². The van der Waals surface area contributed by atoms with E-state index in [1.807, 2.05) is 13.0 Å². The third kappa shape index (κ3) is 5.23. The molecule has 2 rings (SSSR count). The summed E-state index contributed by atoms with van der Waals surface area (Å²) in [6.45, 7) is 5.75. The predicted molar refractivity (Wildman–Crippen MR) is 98.5 cm³/mol. The lowest BCUT2D eigenvalue weighted by Gasteiger charge is -2.15. The van der Waals surface area contributed by atoms with Crippen LogP contribution in [0.25, 0.3) is 0 Å². The van der Waals surface area contributed by atoms with Crippen molar-refractivity contribution in [3.05, 3.63) is 52.0 Å². The van der Waals surface area contributed by atoms with E-state index in [0.717, 1.165) is 12.1 Å². The van der Waals surface area contributed by atoms with E-state index in [4.69, 9.17) is 4.74 Å². The minimum Gasteiger partial charge on any atom is -0.491 e. The Kier molecular flexibility index (Phi) is 7.06. The molecule has 1 aromatic heterocycles. The topological polar surface area (TPSA) is 45.6 Å². The van der Waals surface area contributed by atoms with Crippen LogP contribution in [0.5, 0.6) is 5.75 Å². The van der Waals surface area contributed by atoms with Crippen molar-refractivity contribution in [3.8, 4) is 5.75 Å². The average molecular weight is 349 g/mol. The maximum absolute atomic E-state index is 13.9. The molecule has 0 amide bonds. The van der Waals surface area contributed by atoms with Gasteiger partial charge in [-0.15, -0.1) is 11.3 Å². The molecule has 0 spiro atoms. The summed E-state index contributed by atoms with van der Waals surface area (Å²) >= 11 is 1.75. The van der Waals surface area contributed by atoms with Crippen molar-refractivity contribution < 1.29 is 9.13 Å². The van der Waals surface area contributed by atoms with Crippen molar-refractivity contribution in [3.63, 3.8) is 0 Å². The molecule has 4 nitrogen and oxygen atoms in total. The maximum Gasteiger partial charge on any atom is 0.191 e. The van der Waals surface area contributed by atoms with E-state index in [1.165, 1.54) is 10.9 Å². The number of thiophene rings is 1. The van der Waals surface area contributed by atoms with Crippen molar-refractivity contribution in [2.45, 2.75) is 26.3 Å². The van der Waals surface area contributed by atoms with Crippen LogP contribution in [0.3, 0.4) is 0 Å². The number of ether oxygens (including phenoxy) is 1. The van der Waals surface area contributed by atoms with E-state index >= 15 is 0 Å². The van der Waals surface area contributed by atoms with Crippen LogP contribution in [0.4, 0.5) is 4.39 Å². The van der Waals surface area contributed by atoms with Gasteiger partial charge in [-0.05, 0) is 36.1 Å². The Bertz CT molecular complexity index is 658. The predicted octanol–water partition coefficient (Wildman–Crippen LogP) is 3.75. The Morgan fingerprint density at radius 2 is 2.17 bits per heavy atom. The highest BCUT2D eigenvalue weighted by atomic mass is 32.1. The number of nitrogens with one attached hydrogen (secondary N) is 2. The van der Waals surface area contributed by atoms with Crippen LogP contribution in [0.1, 0.15) is 30.2 Å². The Balaban J connectivity index is 1.84. The third-order valence-electron chi connectivity index (χ3n) is 3.58. The highest BCUT2D eigenvalue weighted by Gasteiger charge is 2.08. The molecular formula is C18H24FN3OS. The van der Waals surface area contributed by atoms with Crippen LogP contribution in [-0.4, -0.2) is 26.2 Å². The average Bonchev–Trinajstić information content (AvgIpc) is 3.12. The molecule has 0 aliphatic heterocycles. The molecule has 0 radical (unpaired) electrons. The number of halogens is 1. The molecular weight excluding hydrogens is 325 g/mol. The van der Waals surface area contributed by atoms with Gasteiger partial charge in [-0.1, -0.05) is 19.1 Å². The number of rotatable bonds is 7. The van der Waals surface area contributed by atoms with E-state index < -0.39 is 0 Å². The molecule has 2 aromatic rings. The molecule has 0 aliphatic rings. The fourth-order valence-corrected chi connectivity index (χ4v) is 3.04. The quantitative estimate of drug-likeness (QED) is 0.591. The number of aliphatic imine (C=N–C) groups is 1. The van der Waals surface area contributed by atoms with E-state index in [9.17, 15) is 4.39 Å². The van der Waals surface area contributed by atoms with Gasteiger partial charge in [-0.25, -0.2) is 4.39 Å². The zero-order chi connectivity index (χ0) is 17.4. The van der Waals surface area contributed by atoms with E-state index in [1.54, 1.807) is 24.5 Å². The molecule has 2 N–H and O–H groups in total. The number of guanidine groups is 1. The van der Waals surface area contributed by atoms with Crippen LogP contribution in [0.2, 0.25) is 0 Å². The van der Waals surface area contributed by atoms with Crippen LogP contribution >= 0.6 is 11.3 Å². The van der Waals surface area contributed by atoms with Crippen molar-refractivity contribution in [2.75, 3.05) is 20.2 Å². The van der Waals surface area contributed by atoms with Crippen molar-refractivity contribution in [2.24, 2.45) is 4.99 Å². The van der Waals surface area contributed by atoms with Gasteiger partial charge < -0.3 is 15.4 Å². The van der Waals surface area contributed by atoms with Crippen molar-refractivity contribution in [1.29, 1.82) is 0 Å². The highest BCUT2D eigenvalue weighted by molar-refractivity contribution is 7.10. The fourth-order valence-electron chi connectivity index (χ4n) is 2.26. The fraction of sp³-hybridized carbons (Fsp3) is 0.389. The SMILES string of the molecule is CCOc1ccc(CNC(=NC)NCC(C)c2cccs2)cc1F. The van der Waals surface area contributed by atoms with Crippen LogP contribution < -0.4 is 15.4 Å². The molecule has 1 aromatic carbocycles. The molecule has 0 fully saturated rings. The maximum atomic E-state index is 13.9. The van der Waals surface area contributed by atoms with Gasteiger partial charge in [0.05, 0.1) is 6.61 Å². The van der Waals surface area contributed by atoms with Gasteiger partial charge in [0.2, 0.25) is 0 Å². The summed E-state index contributed by atoms with van der Waals surface area (Å²) in [6.07, 6.45) is 0. The molecule has 1 atom stereocenters. The number of hydrogen-bond acceptors (Lipinski definition) is 3. The summed E-state index contributed by atoms with van der Waals surface area (Å²) in [5.41, 5.74) is 0.838. The summed E-state index contributed by atoms with van der Waals surface area (Å²) in [5.74, 6) is 1.05. The number of nitrogens with zero attached hydrogens (tertiary/aromatic N) is 1. The molecule has 1 unspecified atom stereocenters. The van der Waals surface area contributed by atoms with Gasteiger partial charge in [-0.3, -0.25) is 4.99 Å². The molecule has 130 valence electrons. The van der Waals surface area contributed by atoms with E-state index in [0.29, 0.717) is 25.0 Å². The lowest BCUT2D eigenvalue weighted by atomic mass is 10.1. The summed E-state index contributed by atoms with van der Waals surface area (Å²) < 4.78 is 19.1. The Labute approximate surface area is 146 Å². The molecule has 1 heterocycles. The Hall–Kier alpha value is -2.08. The highest BCUT2D eigenvalue weighted by Crippen LogP contribution is 2.20. The van der Waals surface area contributed by atoms with Gasteiger partial charge in [0.15, 0.2) is 17.5 Å². The smallest absolute Gasteiger partial charge is 0.191 e.